The quantitative estimate of drug-likeness (QED) is 0.354. The number of alkyl halides is 1. The number of nitrogens with one attached hydrogen (secondary N) is 2. The van der Waals surface area contributed by atoms with Crippen molar-refractivity contribution < 1.29 is 23.8 Å². The largest absolute Gasteiger partial charge is 0.390 e. The molecule has 3 aromatic rings. The van der Waals surface area contributed by atoms with Gasteiger partial charge in [0.25, 0.3) is 5.91 Å². The van der Waals surface area contributed by atoms with Crippen molar-refractivity contribution in [3.8, 4) is 11.1 Å². The number of amides is 1. The first kappa shape index (κ1) is 25.5. The number of pyridine rings is 1. The minimum atomic E-state index is -1.66. The third kappa shape index (κ3) is 6.06. The molecule has 0 aliphatic rings. The fraction of sp³-hybridized carbons (Fsp3) is 0.458. The predicted octanol–water partition coefficient (Wildman–Crippen LogP) is 3.26. The van der Waals surface area contributed by atoms with Crippen LogP contribution in [-0.4, -0.2) is 61.2 Å². The average molecular weight is 476 g/mol. The number of aryl methyl sites for hydroxylation is 1. The van der Waals surface area contributed by atoms with E-state index in [0.29, 0.717) is 35.3 Å². The number of anilines is 1. The number of hydrogen-bond donors (Lipinski definition) is 4. The lowest BCUT2D eigenvalue weighted by atomic mass is 10.0. The van der Waals surface area contributed by atoms with E-state index in [0.717, 1.165) is 5.56 Å². The highest BCUT2D eigenvalue weighted by molar-refractivity contribution is 6.03. The maximum atomic E-state index is 14.2. The number of fused-ring (bicyclic) bond motifs is 1. The Morgan fingerprint density at radius 1 is 1.21 bits per heavy atom. The summed E-state index contributed by atoms with van der Waals surface area (Å²) in [5.41, 5.74) is 0.828. The second-order valence-corrected chi connectivity index (χ2v) is 9.63. The van der Waals surface area contributed by atoms with Crippen LogP contribution < -0.4 is 10.6 Å². The molecule has 3 rings (SSSR count). The van der Waals surface area contributed by atoms with Gasteiger partial charge in [-0.05, 0) is 58.7 Å². The zero-order valence-corrected chi connectivity index (χ0v) is 20.0. The van der Waals surface area contributed by atoms with Crippen LogP contribution in [0.5, 0.6) is 0 Å². The van der Waals surface area contributed by atoms with Crippen LogP contribution >= 0.6 is 0 Å². The van der Waals surface area contributed by atoms with Gasteiger partial charge >= 0.3 is 0 Å². The first-order chi connectivity index (χ1) is 15.8. The third-order valence-electron chi connectivity index (χ3n) is 5.52. The molecule has 0 aliphatic heterocycles. The van der Waals surface area contributed by atoms with E-state index in [-0.39, 0.29) is 12.1 Å². The van der Waals surface area contributed by atoms with Crippen LogP contribution in [0.2, 0.25) is 0 Å². The summed E-state index contributed by atoms with van der Waals surface area (Å²) in [6.45, 7) is 7.78. The van der Waals surface area contributed by atoms with Crippen molar-refractivity contribution in [2.75, 3.05) is 18.4 Å². The normalized spacial score (nSPS) is 13.2. The fourth-order valence-corrected chi connectivity index (χ4v) is 3.41. The number of rotatable bonds is 9. The topological polar surface area (TPSA) is 112 Å². The van der Waals surface area contributed by atoms with Crippen molar-refractivity contribution in [1.29, 1.82) is 0 Å². The van der Waals surface area contributed by atoms with Gasteiger partial charge < -0.3 is 20.8 Å². The summed E-state index contributed by atoms with van der Waals surface area (Å²) in [7, 11) is 0. The lowest BCUT2D eigenvalue weighted by Gasteiger charge is -2.23. The highest BCUT2D eigenvalue weighted by Crippen LogP contribution is 2.30. The molecule has 0 fully saturated rings. The Morgan fingerprint density at radius 2 is 1.91 bits per heavy atom. The molecule has 8 nitrogen and oxygen atoms in total. The van der Waals surface area contributed by atoms with Crippen LogP contribution in [0.3, 0.4) is 0 Å². The summed E-state index contributed by atoms with van der Waals surface area (Å²) in [4.78, 5) is 16.7. The fourth-order valence-electron chi connectivity index (χ4n) is 3.41. The highest BCUT2D eigenvalue weighted by atomic mass is 19.1. The number of carbonyl (C=O) groups is 1. The van der Waals surface area contributed by atoms with Crippen LogP contribution in [0.25, 0.3) is 16.6 Å². The Bertz CT molecular complexity index is 1180. The molecule has 0 saturated carbocycles. The molecule has 0 aromatic carbocycles. The molecule has 4 N–H and O–H groups in total. The average Bonchev–Trinajstić information content (AvgIpc) is 3.14. The van der Waals surface area contributed by atoms with Crippen LogP contribution in [-0.2, 0) is 0 Å². The second-order valence-electron chi connectivity index (χ2n) is 9.63. The molecule has 0 saturated heterocycles. The molecule has 3 aromatic heterocycles. The van der Waals surface area contributed by atoms with Gasteiger partial charge in [0, 0.05) is 30.1 Å². The summed E-state index contributed by atoms with van der Waals surface area (Å²) in [5, 5.41) is 29.9. The van der Waals surface area contributed by atoms with E-state index < -0.39 is 29.2 Å². The molecule has 0 bridgehead atoms. The standard InChI is InChI=1S/C24H31F2N5O3/c1-14-8-20(26)28-10-16(14)15-9-18-21(27-7-6-23(2,3)33)17(11-30-31(18)13-15)22(32)29-12-19(25)24(4,5)34/h8-11,13,19,27,33-34H,6-7,12H2,1-5H3,(H,29,32)/t19-/m1/s1. The van der Waals surface area contributed by atoms with Crippen molar-refractivity contribution in [2.45, 2.75) is 58.4 Å². The van der Waals surface area contributed by atoms with Gasteiger partial charge in [-0.2, -0.15) is 9.49 Å². The van der Waals surface area contributed by atoms with Gasteiger partial charge in [0.2, 0.25) is 5.95 Å². The van der Waals surface area contributed by atoms with E-state index in [9.17, 15) is 23.8 Å². The van der Waals surface area contributed by atoms with Crippen molar-refractivity contribution in [3.63, 3.8) is 0 Å². The molecule has 10 heteroatoms. The maximum Gasteiger partial charge on any atom is 0.255 e. The number of hydrogen-bond acceptors (Lipinski definition) is 6. The molecule has 1 atom stereocenters. The van der Waals surface area contributed by atoms with E-state index in [2.05, 4.69) is 20.7 Å². The van der Waals surface area contributed by atoms with Gasteiger partial charge in [0.15, 0.2) is 0 Å². The number of halogens is 2. The molecular weight excluding hydrogens is 444 g/mol. The monoisotopic (exact) mass is 475 g/mol. The van der Waals surface area contributed by atoms with Crippen LogP contribution in [0.1, 0.15) is 50.0 Å². The Morgan fingerprint density at radius 3 is 2.53 bits per heavy atom. The van der Waals surface area contributed by atoms with E-state index in [4.69, 9.17) is 0 Å². The Hall–Kier alpha value is -3.11. The summed E-state index contributed by atoms with van der Waals surface area (Å²) >= 11 is 0. The number of aromatic nitrogens is 3. The Labute approximate surface area is 197 Å². The summed E-state index contributed by atoms with van der Waals surface area (Å²) in [6.07, 6.45) is 3.29. The zero-order chi connectivity index (χ0) is 25.3. The minimum Gasteiger partial charge on any atom is -0.390 e. The maximum absolute atomic E-state index is 14.2. The summed E-state index contributed by atoms with van der Waals surface area (Å²) in [5.74, 6) is -1.14. The number of carbonyl (C=O) groups excluding carboxylic acids is 1. The van der Waals surface area contributed by atoms with Crippen LogP contribution in [0.15, 0.2) is 30.7 Å². The molecule has 3 heterocycles. The molecule has 0 radical (unpaired) electrons. The highest BCUT2D eigenvalue weighted by Gasteiger charge is 2.27. The molecular formula is C24H31F2N5O3. The predicted molar refractivity (Wildman–Crippen MR) is 126 cm³/mol. The van der Waals surface area contributed by atoms with E-state index in [1.54, 1.807) is 37.5 Å². The first-order valence-corrected chi connectivity index (χ1v) is 11.0. The third-order valence-corrected chi connectivity index (χ3v) is 5.52. The van der Waals surface area contributed by atoms with Crippen LogP contribution in [0.4, 0.5) is 14.5 Å². The van der Waals surface area contributed by atoms with Crippen molar-refractivity contribution >= 4 is 17.1 Å². The zero-order valence-electron chi connectivity index (χ0n) is 20.0. The molecule has 34 heavy (non-hydrogen) atoms. The van der Waals surface area contributed by atoms with Gasteiger partial charge in [-0.25, -0.2) is 13.9 Å². The lowest BCUT2D eigenvalue weighted by Crippen LogP contribution is -2.42. The second kappa shape index (κ2) is 9.63. The van der Waals surface area contributed by atoms with E-state index in [1.807, 2.05) is 0 Å². The van der Waals surface area contributed by atoms with Crippen molar-refractivity contribution in [3.05, 3.63) is 47.8 Å². The molecule has 0 spiro atoms. The van der Waals surface area contributed by atoms with Gasteiger partial charge in [-0.1, -0.05) is 0 Å². The summed E-state index contributed by atoms with van der Waals surface area (Å²) in [6, 6.07) is 3.13. The van der Waals surface area contributed by atoms with Gasteiger partial charge in [0.1, 0.15) is 6.17 Å². The SMILES string of the molecule is Cc1cc(F)ncc1-c1cc2c(NCCC(C)(C)O)c(C(=O)NC[C@@H](F)C(C)(C)O)cnn2c1. The first-order valence-electron chi connectivity index (χ1n) is 11.0. The molecule has 0 unspecified atom stereocenters. The van der Waals surface area contributed by atoms with E-state index in [1.165, 1.54) is 32.3 Å². The Balaban J connectivity index is 1.99. The van der Waals surface area contributed by atoms with Crippen molar-refractivity contribution in [2.24, 2.45) is 0 Å². The number of nitrogens with zero attached hydrogens (tertiary/aromatic N) is 3. The van der Waals surface area contributed by atoms with E-state index >= 15 is 0 Å². The minimum absolute atomic E-state index is 0.185. The van der Waals surface area contributed by atoms with Crippen molar-refractivity contribution in [1.82, 2.24) is 19.9 Å². The van der Waals surface area contributed by atoms with Crippen LogP contribution in [0, 0.1) is 12.9 Å². The smallest absolute Gasteiger partial charge is 0.255 e. The molecule has 184 valence electrons. The van der Waals surface area contributed by atoms with Gasteiger partial charge in [-0.3, -0.25) is 4.79 Å². The van der Waals surface area contributed by atoms with Gasteiger partial charge in [-0.15, -0.1) is 0 Å². The Kier molecular flexibility index (Phi) is 7.23. The lowest BCUT2D eigenvalue weighted by molar-refractivity contribution is -0.00177. The molecule has 0 aliphatic carbocycles. The molecule has 1 amide bonds. The number of aliphatic hydroxyl groups is 2. The summed E-state index contributed by atoms with van der Waals surface area (Å²) < 4.78 is 29.2. The van der Waals surface area contributed by atoms with Gasteiger partial charge in [0.05, 0.1) is 40.7 Å².